The van der Waals surface area contributed by atoms with Crippen molar-refractivity contribution in [3.8, 4) is 11.5 Å². The zero-order valence-electron chi connectivity index (χ0n) is 15.2. The van der Waals surface area contributed by atoms with Crippen LogP contribution in [-0.4, -0.2) is 55.7 Å². The molecule has 6 nitrogen and oxygen atoms in total. The first-order chi connectivity index (χ1) is 13.5. The molecule has 1 fully saturated rings. The molecule has 1 aromatic carbocycles. The lowest BCUT2D eigenvalue weighted by atomic mass is 10.2. The van der Waals surface area contributed by atoms with E-state index in [-0.39, 0.29) is 29.2 Å². The molecule has 4 rings (SSSR count). The van der Waals surface area contributed by atoms with Crippen molar-refractivity contribution in [2.24, 2.45) is 0 Å². The van der Waals surface area contributed by atoms with Crippen molar-refractivity contribution in [3.63, 3.8) is 0 Å². The van der Waals surface area contributed by atoms with Crippen molar-refractivity contribution in [2.45, 2.75) is 23.9 Å². The first-order valence-electron chi connectivity index (χ1n) is 9.05. The molecule has 2 aromatic rings. The molecule has 1 amide bonds. The normalized spacial score (nSPS) is 20.1. The highest BCUT2D eigenvalue weighted by molar-refractivity contribution is 8.00. The molecule has 0 saturated carbocycles. The quantitative estimate of drug-likeness (QED) is 0.645. The molecule has 0 bridgehead atoms. The van der Waals surface area contributed by atoms with Crippen LogP contribution in [0.5, 0.6) is 11.5 Å². The Bertz CT molecular complexity index is 942. The van der Waals surface area contributed by atoms with Gasteiger partial charge < -0.3 is 14.4 Å². The van der Waals surface area contributed by atoms with Gasteiger partial charge in [-0.2, -0.15) is 0 Å². The molecule has 28 heavy (non-hydrogen) atoms. The molecule has 0 unspecified atom stereocenters. The second kappa shape index (κ2) is 8.34. The summed E-state index contributed by atoms with van der Waals surface area (Å²) in [5.41, 5.74) is 0. The number of ether oxygens (including phenoxy) is 2. The number of carbonyl (C=O) groups is 1. The molecule has 0 radical (unpaired) electrons. The Hall–Kier alpha value is -1.71. The predicted molar refractivity (Wildman–Crippen MR) is 110 cm³/mol. The Morgan fingerprint density at radius 3 is 2.75 bits per heavy atom. The first-order valence-corrected chi connectivity index (χ1v) is 12.7. The molecule has 0 aliphatic carbocycles. The summed E-state index contributed by atoms with van der Waals surface area (Å²) >= 11 is 3.00. The fourth-order valence-corrected chi connectivity index (χ4v) is 6.60. The molecular formula is C19H21NO5S3. The minimum absolute atomic E-state index is 0.0459. The summed E-state index contributed by atoms with van der Waals surface area (Å²) in [6, 6.07) is 9.32. The van der Waals surface area contributed by atoms with Crippen LogP contribution in [0.1, 0.15) is 11.3 Å². The van der Waals surface area contributed by atoms with E-state index in [4.69, 9.17) is 9.47 Å². The summed E-state index contributed by atoms with van der Waals surface area (Å²) in [6.45, 7) is 1.52. The van der Waals surface area contributed by atoms with Gasteiger partial charge in [0.05, 0.1) is 23.8 Å². The van der Waals surface area contributed by atoms with E-state index in [0.717, 1.165) is 15.5 Å². The van der Waals surface area contributed by atoms with Crippen molar-refractivity contribution < 1.29 is 22.7 Å². The van der Waals surface area contributed by atoms with Crippen molar-refractivity contribution in [1.82, 2.24) is 4.90 Å². The lowest BCUT2D eigenvalue weighted by Gasteiger charge is -2.28. The Kier molecular flexibility index (Phi) is 5.84. The van der Waals surface area contributed by atoms with Crippen LogP contribution in [0, 0.1) is 0 Å². The Balaban J connectivity index is 1.44. The fourth-order valence-electron chi connectivity index (χ4n) is 3.35. The molecule has 0 N–H and O–H groups in total. The van der Waals surface area contributed by atoms with Gasteiger partial charge in [-0.05, 0) is 36.1 Å². The molecule has 2 aliphatic heterocycles. The lowest BCUT2D eigenvalue weighted by molar-refractivity contribution is -0.130. The van der Waals surface area contributed by atoms with Gasteiger partial charge >= 0.3 is 0 Å². The van der Waals surface area contributed by atoms with Crippen molar-refractivity contribution in [1.29, 1.82) is 0 Å². The molecular weight excluding hydrogens is 418 g/mol. The van der Waals surface area contributed by atoms with Crippen LogP contribution in [0.4, 0.5) is 0 Å². The molecule has 2 aliphatic rings. The number of fused-ring (bicyclic) bond motifs is 1. The van der Waals surface area contributed by atoms with Crippen LogP contribution < -0.4 is 9.47 Å². The van der Waals surface area contributed by atoms with Gasteiger partial charge in [-0.15, -0.1) is 23.1 Å². The van der Waals surface area contributed by atoms with Gasteiger partial charge in [-0.3, -0.25) is 4.79 Å². The first kappa shape index (κ1) is 19.6. The van der Waals surface area contributed by atoms with Gasteiger partial charge in [0.25, 0.3) is 0 Å². The van der Waals surface area contributed by atoms with Crippen molar-refractivity contribution >= 4 is 38.8 Å². The van der Waals surface area contributed by atoms with Gasteiger partial charge in [0.15, 0.2) is 21.3 Å². The third-order valence-electron chi connectivity index (χ3n) is 4.75. The molecule has 3 heterocycles. The molecule has 1 saturated heterocycles. The third-order valence-corrected chi connectivity index (χ3v) is 8.34. The largest absolute Gasteiger partial charge is 0.486 e. The van der Waals surface area contributed by atoms with E-state index in [0.29, 0.717) is 31.9 Å². The van der Waals surface area contributed by atoms with Crippen LogP contribution in [-0.2, 0) is 21.2 Å². The average molecular weight is 440 g/mol. The van der Waals surface area contributed by atoms with Gasteiger partial charge in [0.1, 0.15) is 13.2 Å². The highest BCUT2D eigenvalue weighted by Crippen LogP contribution is 2.34. The van der Waals surface area contributed by atoms with Crippen molar-refractivity contribution in [3.05, 3.63) is 40.6 Å². The molecule has 1 aromatic heterocycles. The average Bonchev–Trinajstić information content (AvgIpc) is 3.33. The summed E-state index contributed by atoms with van der Waals surface area (Å²) in [4.78, 5) is 16.7. The second-order valence-corrected chi connectivity index (χ2v) is 11.1. The van der Waals surface area contributed by atoms with Crippen molar-refractivity contribution in [2.75, 3.05) is 30.5 Å². The number of thioether (sulfide) groups is 1. The summed E-state index contributed by atoms with van der Waals surface area (Å²) < 4.78 is 35.0. The zero-order chi connectivity index (χ0) is 19.6. The van der Waals surface area contributed by atoms with Crippen LogP contribution in [0.2, 0.25) is 0 Å². The fraction of sp³-hybridized carbons (Fsp3) is 0.421. The standard InChI is InChI=1S/C19H21NO5S3/c21-19(12-27-15-3-4-17-18(10-15)25-7-6-24-17)20(11-16-2-1-8-26-16)14-5-9-28(22,23)13-14/h1-4,8,10,14H,5-7,9,11-13H2/t14-/m1/s1. The monoisotopic (exact) mass is 439 g/mol. The summed E-state index contributed by atoms with van der Waals surface area (Å²) in [5.74, 6) is 1.83. The molecule has 1 atom stereocenters. The zero-order valence-corrected chi connectivity index (χ0v) is 17.7. The number of carbonyl (C=O) groups excluding carboxylic acids is 1. The maximum Gasteiger partial charge on any atom is 0.233 e. The van der Waals surface area contributed by atoms with Gasteiger partial charge in [0.2, 0.25) is 5.91 Å². The SMILES string of the molecule is O=C(CSc1ccc2c(c1)OCCO2)N(Cc1cccs1)[C@@H]1CCS(=O)(=O)C1. The Labute approximate surface area is 172 Å². The van der Waals surface area contributed by atoms with E-state index in [9.17, 15) is 13.2 Å². The summed E-state index contributed by atoms with van der Waals surface area (Å²) in [5, 5.41) is 1.97. The number of hydrogen-bond acceptors (Lipinski definition) is 7. The molecule has 0 spiro atoms. The van der Waals surface area contributed by atoms with Gasteiger partial charge in [-0.1, -0.05) is 6.07 Å². The Morgan fingerprint density at radius 1 is 1.21 bits per heavy atom. The van der Waals surface area contributed by atoms with Gasteiger partial charge in [-0.25, -0.2) is 8.42 Å². The van der Waals surface area contributed by atoms with E-state index < -0.39 is 9.84 Å². The Morgan fingerprint density at radius 2 is 2.04 bits per heavy atom. The van der Waals surface area contributed by atoms with Gasteiger partial charge in [0, 0.05) is 15.8 Å². The third kappa shape index (κ3) is 4.64. The van der Waals surface area contributed by atoms with Crippen LogP contribution in [0.25, 0.3) is 0 Å². The summed E-state index contributed by atoms with van der Waals surface area (Å²) in [7, 11) is -3.06. The number of benzene rings is 1. The highest BCUT2D eigenvalue weighted by atomic mass is 32.2. The van der Waals surface area contributed by atoms with Crippen LogP contribution >= 0.6 is 23.1 Å². The number of thiophene rings is 1. The number of rotatable bonds is 6. The second-order valence-electron chi connectivity index (χ2n) is 6.75. The highest BCUT2D eigenvalue weighted by Gasteiger charge is 2.34. The number of nitrogens with zero attached hydrogens (tertiary/aromatic N) is 1. The molecule has 9 heteroatoms. The van der Waals surface area contributed by atoms with Crippen LogP contribution in [0.3, 0.4) is 0 Å². The molecule has 150 valence electrons. The minimum atomic E-state index is -3.06. The predicted octanol–water partition coefficient (Wildman–Crippen LogP) is 2.83. The van der Waals surface area contributed by atoms with E-state index in [1.54, 1.807) is 16.2 Å². The van der Waals surface area contributed by atoms with E-state index in [1.807, 2.05) is 35.7 Å². The maximum absolute atomic E-state index is 13.0. The van der Waals surface area contributed by atoms with E-state index in [2.05, 4.69) is 0 Å². The summed E-state index contributed by atoms with van der Waals surface area (Å²) in [6.07, 6.45) is 0.508. The number of hydrogen-bond donors (Lipinski definition) is 0. The van der Waals surface area contributed by atoms with Crippen LogP contribution in [0.15, 0.2) is 40.6 Å². The maximum atomic E-state index is 13.0. The topological polar surface area (TPSA) is 72.9 Å². The number of sulfone groups is 1. The lowest BCUT2D eigenvalue weighted by Crippen LogP contribution is -2.41. The van der Waals surface area contributed by atoms with E-state index in [1.165, 1.54) is 11.8 Å². The number of amides is 1. The smallest absolute Gasteiger partial charge is 0.233 e. The van der Waals surface area contributed by atoms with E-state index >= 15 is 0 Å². The minimum Gasteiger partial charge on any atom is -0.486 e.